The van der Waals surface area contributed by atoms with Crippen molar-refractivity contribution in [3.63, 3.8) is 0 Å². The minimum absolute atomic E-state index is 0.137. The topological polar surface area (TPSA) is 72.9 Å². The number of fused-ring (bicyclic) bond motifs is 1. The molecule has 31 heavy (non-hydrogen) atoms. The summed E-state index contributed by atoms with van der Waals surface area (Å²) >= 11 is 0. The Bertz CT molecular complexity index is 1110. The summed E-state index contributed by atoms with van der Waals surface area (Å²) in [5.74, 6) is 0. The second-order valence-corrected chi connectivity index (χ2v) is 10.8. The van der Waals surface area contributed by atoms with E-state index in [0.717, 1.165) is 33.8 Å². The van der Waals surface area contributed by atoms with Crippen molar-refractivity contribution >= 4 is 17.6 Å². The first-order chi connectivity index (χ1) is 14.8. The van der Waals surface area contributed by atoms with Gasteiger partial charge in [-0.05, 0) is 63.3 Å². The van der Waals surface area contributed by atoms with E-state index in [1.165, 1.54) is 0 Å². The second kappa shape index (κ2) is 10.0. The molecule has 0 aromatic heterocycles. The third-order valence-electron chi connectivity index (χ3n) is 5.09. The third-order valence-corrected chi connectivity index (χ3v) is 8.40. The van der Waals surface area contributed by atoms with Crippen LogP contribution in [0.25, 0.3) is 0 Å². The normalized spacial score (nSPS) is 16.2. The molecule has 0 radical (unpaired) electrons. The predicted octanol–water partition coefficient (Wildman–Crippen LogP) is 5.25. The lowest BCUT2D eigenvalue weighted by Gasteiger charge is -2.32. The van der Waals surface area contributed by atoms with Crippen LogP contribution in [0.4, 0.5) is 0 Å². The van der Waals surface area contributed by atoms with Gasteiger partial charge in [-0.15, -0.1) is 0 Å². The Morgan fingerprint density at radius 2 is 1.71 bits per heavy atom. The molecule has 0 spiro atoms. The van der Waals surface area contributed by atoms with E-state index >= 15 is 0 Å². The summed E-state index contributed by atoms with van der Waals surface area (Å²) in [6, 6.07) is 16.6. The van der Waals surface area contributed by atoms with Gasteiger partial charge in [-0.1, -0.05) is 42.0 Å². The minimum atomic E-state index is -3.98. The Kier molecular flexibility index (Phi) is 7.61. The monoisotopic (exact) mass is 461 g/mol. The van der Waals surface area contributed by atoms with Gasteiger partial charge in [0, 0.05) is 11.7 Å². The maximum absolute atomic E-state index is 13.6. The largest absolute Gasteiger partial charge is 0.407 e. The van der Waals surface area contributed by atoms with Crippen molar-refractivity contribution in [3.05, 3.63) is 65.2 Å². The quantitative estimate of drug-likeness (QED) is 0.320. The number of aryl methyl sites for hydroxylation is 2. The standard InChI is InChI=1S/C23H28NO5PS/c1-4-28-30(25,29-5-2)18-17-24(31(26,27)21-15-13-19(3)14-16-21)23-12-8-10-20-9-6-7-11-22(20)23/h6-7,9,11,13-16,23H,4-5,8,10,12H2,1-3H3/t23-/m1/s1. The molecule has 0 saturated carbocycles. The van der Waals surface area contributed by atoms with Gasteiger partial charge in [0.2, 0.25) is 0 Å². The van der Waals surface area contributed by atoms with Gasteiger partial charge in [-0.3, -0.25) is 9.05 Å². The molecular formula is C23H28NO5PS. The summed E-state index contributed by atoms with van der Waals surface area (Å²) in [4.78, 5) is 0.137. The number of rotatable bonds is 7. The SMILES string of the molecule is CCOP(=O)(C#CN([C@@H]1CCCc2ccccc21)S(=O)(=O)c1ccc(C)cc1)OCC. The zero-order valence-corrected chi connectivity index (χ0v) is 19.8. The molecule has 8 heteroatoms. The van der Waals surface area contributed by atoms with E-state index < -0.39 is 23.7 Å². The number of sulfonamides is 1. The lowest BCUT2D eigenvalue weighted by molar-refractivity contribution is 0.230. The molecule has 0 unspecified atom stereocenters. The fourth-order valence-electron chi connectivity index (χ4n) is 3.65. The Hall–Kier alpha value is -2.10. The Labute approximate surface area is 185 Å². The van der Waals surface area contributed by atoms with Gasteiger partial charge in [0.05, 0.1) is 24.2 Å². The van der Waals surface area contributed by atoms with Crippen LogP contribution in [0.1, 0.15) is 49.4 Å². The number of benzene rings is 2. The van der Waals surface area contributed by atoms with Crippen molar-refractivity contribution in [2.24, 2.45) is 0 Å². The highest BCUT2D eigenvalue weighted by Gasteiger charge is 2.34. The molecular weight excluding hydrogens is 433 g/mol. The van der Waals surface area contributed by atoms with Crippen molar-refractivity contribution in [1.82, 2.24) is 4.31 Å². The van der Waals surface area contributed by atoms with Gasteiger partial charge in [0.25, 0.3) is 10.0 Å². The fraction of sp³-hybridized carbons (Fsp3) is 0.391. The van der Waals surface area contributed by atoms with Crippen LogP contribution in [0.5, 0.6) is 0 Å². The summed E-state index contributed by atoms with van der Waals surface area (Å²) in [6.45, 7) is 5.55. The lowest BCUT2D eigenvalue weighted by atomic mass is 9.88. The maximum Gasteiger partial charge on any atom is 0.407 e. The van der Waals surface area contributed by atoms with Crippen molar-refractivity contribution in [3.8, 4) is 11.7 Å². The summed E-state index contributed by atoms with van der Waals surface area (Å²) in [6.07, 6.45) is 2.33. The van der Waals surface area contributed by atoms with Crippen LogP contribution < -0.4 is 0 Å². The van der Waals surface area contributed by atoms with E-state index in [0.29, 0.717) is 6.42 Å². The number of nitrogens with zero attached hydrogens (tertiary/aromatic N) is 1. The molecule has 1 aliphatic rings. The van der Waals surface area contributed by atoms with Gasteiger partial charge in [0.15, 0.2) is 0 Å². The average Bonchev–Trinajstić information content (AvgIpc) is 2.74. The van der Waals surface area contributed by atoms with Gasteiger partial charge < -0.3 is 0 Å². The molecule has 3 rings (SSSR count). The first-order valence-electron chi connectivity index (χ1n) is 10.4. The van der Waals surface area contributed by atoms with E-state index in [-0.39, 0.29) is 18.1 Å². The van der Waals surface area contributed by atoms with E-state index in [4.69, 9.17) is 9.05 Å². The van der Waals surface area contributed by atoms with Gasteiger partial charge in [-0.25, -0.2) is 17.3 Å². The zero-order chi connectivity index (χ0) is 22.5. The van der Waals surface area contributed by atoms with Crippen LogP contribution in [-0.2, 0) is 30.1 Å². The molecule has 0 heterocycles. The first-order valence-corrected chi connectivity index (χ1v) is 13.4. The van der Waals surface area contributed by atoms with Crippen LogP contribution >= 0.6 is 7.60 Å². The average molecular weight is 462 g/mol. The molecule has 0 bridgehead atoms. The highest BCUT2D eigenvalue weighted by molar-refractivity contribution is 7.89. The highest BCUT2D eigenvalue weighted by atomic mass is 32.2. The van der Waals surface area contributed by atoms with Crippen molar-refractivity contribution < 1.29 is 22.0 Å². The highest BCUT2D eigenvalue weighted by Crippen LogP contribution is 2.47. The van der Waals surface area contributed by atoms with Crippen LogP contribution in [0.15, 0.2) is 53.4 Å². The fourth-order valence-corrected chi connectivity index (χ4v) is 6.26. The molecule has 0 fully saturated rings. The number of hydrogen-bond acceptors (Lipinski definition) is 5. The van der Waals surface area contributed by atoms with Crippen molar-refractivity contribution in [1.29, 1.82) is 0 Å². The summed E-state index contributed by atoms with van der Waals surface area (Å²) in [5.41, 5.74) is 5.49. The van der Waals surface area contributed by atoms with Gasteiger partial charge in [0.1, 0.15) is 0 Å². The van der Waals surface area contributed by atoms with E-state index in [2.05, 4.69) is 11.7 Å². The van der Waals surface area contributed by atoms with E-state index in [9.17, 15) is 13.0 Å². The summed E-state index contributed by atoms with van der Waals surface area (Å²) in [7, 11) is -7.73. The van der Waals surface area contributed by atoms with Crippen molar-refractivity contribution in [2.75, 3.05) is 13.2 Å². The zero-order valence-electron chi connectivity index (χ0n) is 18.1. The molecule has 1 aliphatic carbocycles. The molecule has 166 valence electrons. The molecule has 2 aromatic rings. The van der Waals surface area contributed by atoms with Crippen LogP contribution in [0, 0.1) is 18.6 Å². The minimum Gasteiger partial charge on any atom is -0.300 e. The molecule has 2 aromatic carbocycles. The Morgan fingerprint density at radius 1 is 1.06 bits per heavy atom. The smallest absolute Gasteiger partial charge is 0.300 e. The van der Waals surface area contributed by atoms with E-state index in [1.54, 1.807) is 38.1 Å². The lowest BCUT2D eigenvalue weighted by Crippen LogP contribution is -2.33. The maximum atomic E-state index is 13.6. The Balaban J connectivity index is 2.13. The summed E-state index contributed by atoms with van der Waals surface area (Å²) in [5, 5.41) is 0. The van der Waals surface area contributed by atoms with Crippen LogP contribution in [0.2, 0.25) is 0 Å². The predicted molar refractivity (Wildman–Crippen MR) is 121 cm³/mol. The molecule has 0 aliphatic heterocycles. The number of hydrogen-bond donors (Lipinski definition) is 0. The summed E-state index contributed by atoms with van der Waals surface area (Å²) < 4.78 is 51.8. The third kappa shape index (κ3) is 5.39. The van der Waals surface area contributed by atoms with Crippen LogP contribution in [-0.4, -0.2) is 25.9 Å². The molecule has 0 saturated heterocycles. The van der Waals surface area contributed by atoms with Gasteiger partial charge >= 0.3 is 7.60 Å². The molecule has 0 N–H and O–H groups in total. The molecule has 6 nitrogen and oxygen atoms in total. The van der Waals surface area contributed by atoms with Crippen molar-refractivity contribution in [2.45, 2.75) is 51.0 Å². The first kappa shape index (κ1) is 23.6. The molecule has 1 atom stereocenters. The second-order valence-electron chi connectivity index (χ2n) is 7.28. The van der Waals surface area contributed by atoms with Gasteiger partial charge in [-0.2, -0.15) is 0 Å². The van der Waals surface area contributed by atoms with E-state index in [1.807, 2.05) is 31.2 Å². The van der Waals surface area contributed by atoms with Crippen LogP contribution in [0.3, 0.4) is 0 Å². The Morgan fingerprint density at radius 3 is 2.35 bits per heavy atom. The molecule has 0 amide bonds.